The van der Waals surface area contributed by atoms with Crippen LogP contribution in [0.3, 0.4) is 0 Å². The SMILES string of the molecule is CCOc1ccc(C2CCCN2C(=O)c2cccc3c2OCO3)cc1. The summed E-state index contributed by atoms with van der Waals surface area (Å²) in [5.41, 5.74) is 1.71. The molecule has 1 fully saturated rings. The number of likely N-dealkylation sites (tertiary alicyclic amines) is 1. The summed E-state index contributed by atoms with van der Waals surface area (Å²) in [4.78, 5) is 15.1. The lowest BCUT2D eigenvalue weighted by molar-refractivity contribution is 0.0731. The lowest BCUT2D eigenvalue weighted by Gasteiger charge is -2.25. The number of nitrogens with zero attached hydrogens (tertiary/aromatic N) is 1. The van der Waals surface area contributed by atoms with Gasteiger partial charge in [0.2, 0.25) is 6.79 Å². The first-order valence-corrected chi connectivity index (χ1v) is 8.70. The number of carbonyl (C=O) groups is 1. The second kappa shape index (κ2) is 6.67. The van der Waals surface area contributed by atoms with Crippen LogP contribution in [0, 0.1) is 0 Å². The van der Waals surface area contributed by atoms with Gasteiger partial charge in [-0.15, -0.1) is 0 Å². The third-order valence-electron chi connectivity index (χ3n) is 4.72. The normalized spacial score (nSPS) is 18.4. The molecule has 2 aliphatic heterocycles. The smallest absolute Gasteiger partial charge is 0.258 e. The molecule has 5 nitrogen and oxygen atoms in total. The van der Waals surface area contributed by atoms with Crippen molar-refractivity contribution in [2.45, 2.75) is 25.8 Å². The molecule has 25 heavy (non-hydrogen) atoms. The molecule has 2 aromatic rings. The topological polar surface area (TPSA) is 48.0 Å². The van der Waals surface area contributed by atoms with Crippen LogP contribution in [0.1, 0.15) is 41.7 Å². The predicted molar refractivity (Wildman–Crippen MR) is 93.2 cm³/mol. The van der Waals surface area contributed by atoms with Gasteiger partial charge < -0.3 is 19.1 Å². The van der Waals surface area contributed by atoms with E-state index in [1.807, 2.05) is 42.2 Å². The number of para-hydroxylation sites is 1. The summed E-state index contributed by atoms with van der Waals surface area (Å²) in [6, 6.07) is 13.6. The number of carbonyl (C=O) groups excluding carboxylic acids is 1. The zero-order valence-electron chi connectivity index (χ0n) is 14.2. The van der Waals surface area contributed by atoms with Gasteiger partial charge >= 0.3 is 0 Å². The second-order valence-corrected chi connectivity index (χ2v) is 6.20. The van der Waals surface area contributed by atoms with Crippen LogP contribution in [0.4, 0.5) is 0 Å². The van der Waals surface area contributed by atoms with E-state index in [2.05, 4.69) is 12.1 Å². The number of fused-ring (bicyclic) bond motifs is 1. The highest BCUT2D eigenvalue weighted by molar-refractivity contribution is 5.98. The number of rotatable bonds is 4. The van der Waals surface area contributed by atoms with Gasteiger partial charge in [-0.05, 0) is 49.6 Å². The van der Waals surface area contributed by atoms with E-state index in [0.717, 1.165) is 30.7 Å². The fourth-order valence-electron chi connectivity index (χ4n) is 3.56. The van der Waals surface area contributed by atoms with Gasteiger partial charge in [0, 0.05) is 6.54 Å². The van der Waals surface area contributed by atoms with E-state index in [4.69, 9.17) is 14.2 Å². The van der Waals surface area contributed by atoms with Crippen molar-refractivity contribution in [1.29, 1.82) is 0 Å². The van der Waals surface area contributed by atoms with E-state index in [1.165, 1.54) is 0 Å². The highest BCUT2D eigenvalue weighted by Crippen LogP contribution is 2.39. The zero-order chi connectivity index (χ0) is 17.2. The Hall–Kier alpha value is -2.69. The monoisotopic (exact) mass is 339 g/mol. The van der Waals surface area contributed by atoms with E-state index in [1.54, 1.807) is 0 Å². The van der Waals surface area contributed by atoms with Crippen LogP contribution in [0.2, 0.25) is 0 Å². The average molecular weight is 339 g/mol. The average Bonchev–Trinajstić information content (AvgIpc) is 3.31. The highest BCUT2D eigenvalue weighted by Gasteiger charge is 2.33. The van der Waals surface area contributed by atoms with Crippen molar-refractivity contribution in [3.8, 4) is 17.2 Å². The maximum absolute atomic E-state index is 13.1. The van der Waals surface area contributed by atoms with Gasteiger partial charge in [-0.1, -0.05) is 18.2 Å². The minimum Gasteiger partial charge on any atom is -0.494 e. The molecule has 1 amide bonds. The van der Waals surface area contributed by atoms with Crippen molar-refractivity contribution >= 4 is 5.91 Å². The molecule has 1 unspecified atom stereocenters. The minimum atomic E-state index is -0.00117. The zero-order valence-corrected chi connectivity index (χ0v) is 14.2. The molecule has 0 N–H and O–H groups in total. The van der Waals surface area contributed by atoms with Gasteiger partial charge in [-0.25, -0.2) is 0 Å². The van der Waals surface area contributed by atoms with Crippen LogP contribution in [-0.2, 0) is 0 Å². The van der Waals surface area contributed by atoms with Crippen molar-refractivity contribution in [1.82, 2.24) is 4.90 Å². The van der Waals surface area contributed by atoms with E-state index >= 15 is 0 Å². The van der Waals surface area contributed by atoms with Crippen LogP contribution in [0.15, 0.2) is 42.5 Å². The van der Waals surface area contributed by atoms with Crippen LogP contribution < -0.4 is 14.2 Å². The molecule has 5 heteroatoms. The van der Waals surface area contributed by atoms with E-state index in [0.29, 0.717) is 23.7 Å². The van der Waals surface area contributed by atoms with Crippen LogP contribution in [0.25, 0.3) is 0 Å². The molecule has 0 radical (unpaired) electrons. The number of hydrogen-bond donors (Lipinski definition) is 0. The van der Waals surface area contributed by atoms with Crippen molar-refractivity contribution in [3.05, 3.63) is 53.6 Å². The lowest BCUT2D eigenvalue weighted by Crippen LogP contribution is -2.30. The van der Waals surface area contributed by atoms with Gasteiger partial charge in [-0.3, -0.25) is 4.79 Å². The highest BCUT2D eigenvalue weighted by atomic mass is 16.7. The molecule has 130 valence electrons. The fraction of sp³-hybridized carbons (Fsp3) is 0.350. The van der Waals surface area contributed by atoms with E-state index in [-0.39, 0.29) is 18.7 Å². The summed E-state index contributed by atoms with van der Waals surface area (Å²) in [5.74, 6) is 2.06. The Morgan fingerprint density at radius 3 is 2.84 bits per heavy atom. The minimum absolute atomic E-state index is 0.00117. The van der Waals surface area contributed by atoms with Crippen LogP contribution in [-0.4, -0.2) is 30.8 Å². The number of amides is 1. The summed E-state index contributed by atoms with van der Waals surface area (Å²) in [5, 5.41) is 0. The maximum atomic E-state index is 13.1. The van der Waals surface area contributed by atoms with Crippen LogP contribution >= 0.6 is 0 Å². The fourth-order valence-corrected chi connectivity index (χ4v) is 3.56. The summed E-state index contributed by atoms with van der Waals surface area (Å²) in [7, 11) is 0. The number of ether oxygens (including phenoxy) is 3. The number of benzene rings is 2. The molecule has 1 atom stereocenters. The molecular formula is C20H21NO4. The molecule has 1 saturated heterocycles. The first kappa shape index (κ1) is 15.8. The molecule has 2 heterocycles. The maximum Gasteiger partial charge on any atom is 0.258 e. The second-order valence-electron chi connectivity index (χ2n) is 6.20. The standard InChI is InChI=1S/C20H21NO4/c1-2-23-15-10-8-14(9-11-15)17-6-4-12-21(17)20(22)16-5-3-7-18-19(16)25-13-24-18/h3,5,7-11,17H,2,4,6,12-13H2,1H3. The molecule has 0 aliphatic carbocycles. The first-order valence-electron chi connectivity index (χ1n) is 8.70. The van der Waals surface area contributed by atoms with Gasteiger partial charge in [0.1, 0.15) is 5.75 Å². The first-order chi connectivity index (χ1) is 12.3. The Morgan fingerprint density at radius 1 is 1.20 bits per heavy atom. The molecule has 2 aromatic carbocycles. The molecule has 4 rings (SSSR count). The molecule has 0 saturated carbocycles. The van der Waals surface area contributed by atoms with Crippen molar-refractivity contribution in [3.63, 3.8) is 0 Å². The summed E-state index contributed by atoms with van der Waals surface area (Å²) >= 11 is 0. The van der Waals surface area contributed by atoms with Gasteiger partial charge in [0.25, 0.3) is 5.91 Å². The van der Waals surface area contributed by atoms with Gasteiger partial charge in [-0.2, -0.15) is 0 Å². The lowest BCUT2D eigenvalue weighted by atomic mass is 10.0. The quantitative estimate of drug-likeness (QED) is 0.850. The molecule has 0 aromatic heterocycles. The Bertz CT molecular complexity index is 772. The van der Waals surface area contributed by atoms with Crippen molar-refractivity contribution in [2.24, 2.45) is 0 Å². The summed E-state index contributed by atoms with van der Waals surface area (Å²) < 4.78 is 16.4. The molecule has 2 aliphatic rings. The summed E-state index contributed by atoms with van der Waals surface area (Å²) in [6.45, 7) is 3.53. The third-order valence-corrected chi connectivity index (χ3v) is 4.72. The molecule has 0 bridgehead atoms. The molecular weight excluding hydrogens is 318 g/mol. The molecule has 0 spiro atoms. The Morgan fingerprint density at radius 2 is 2.04 bits per heavy atom. The van der Waals surface area contributed by atoms with Crippen molar-refractivity contribution in [2.75, 3.05) is 19.9 Å². The largest absolute Gasteiger partial charge is 0.494 e. The van der Waals surface area contributed by atoms with E-state index in [9.17, 15) is 4.79 Å². The summed E-state index contributed by atoms with van der Waals surface area (Å²) in [6.07, 6.45) is 1.96. The van der Waals surface area contributed by atoms with Gasteiger partial charge in [0.05, 0.1) is 18.2 Å². The Balaban J connectivity index is 1.59. The van der Waals surface area contributed by atoms with E-state index < -0.39 is 0 Å². The Kier molecular flexibility index (Phi) is 4.22. The third kappa shape index (κ3) is 2.90. The van der Waals surface area contributed by atoms with Gasteiger partial charge in [0.15, 0.2) is 11.5 Å². The number of hydrogen-bond acceptors (Lipinski definition) is 4. The van der Waals surface area contributed by atoms with Crippen LogP contribution in [0.5, 0.6) is 17.2 Å². The predicted octanol–water partition coefficient (Wildman–Crippen LogP) is 3.79. The van der Waals surface area contributed by atoms with Crippen molar-refractivity contribution < 1.29 is 19.0 Å². The Labute approximate surface area is 147 Å².